The molecule has 0 bridgehead atoms. The summed E-state index contributed by atoms with van der Waals surface area (Å²) in [5.41, 5.74) is 6.38. The summed E-state index contributed by atoms with van der Waals surface area (Å²) >= 11 is 0. The van der Waals surface area contributed by atoms with Gasteiger partial charge in [0.25, 0.3) is 17.4 Å². The number of carbonyl (C=O) groups excluding carboxylic acids is 3. The molecule has 12 nitrogen and oxygen atoms in total. The van der Waals surface area contributed by atoms with E-state index in [0.717, 1.165) is 26.2 Å². The predicted molar refractivity (Wildman–Crippen MR) is 210 cm³/mol. The number of H-pyrrole nitrogens is 1. The maximum Gasteiger partial charge on any atom is 0.335 e. The van der Waals surface area contributed by atoms with Gasteiger partial charge in [-0.1, -0.05) is 91.0 Å². The lowest BCUT2D eigenvalue weighted by molar-refractivity contribution is -0.122. The molecule has 2 aromatic heterocycles. The van der Waals surface area contributed by atoms with Crippen LogP contribution in [0.3, 0.4) is 0 Å². The van der Waals surface area contributed by atoms with Gasteiger partial charge in [0.05, 0.1) is 29.2 Å². The number of nitrogens with one attached hydrogen (secondary N) is 3. The Hall–Kier alpha value is -7.70. The molecule has 0 aliphatic carbocycles. The summed E-state index contributed by atoms with van der Waals surface area (Å²) in [4.78, 5) is 79.6. The number of benzene rings is 4. The Labute approximate surface area is 314 Å². The second-order valence-electron chi connectivity index (χ2n) is 12.2. The second-order valence-corrected chi connectivity index (χ2v) is 12.2. The number of pyridine rings is 1. The van der Waals surface area contributed by atoms with E-state index in [4.69, 9.17) is 4.84 Å². The molecule has 12 heteroatoms. The Bertz CT molecular complexity index is 2600. The van der Waals surface area contributed by atoms with Crippen LogP contribution in [0.4, 0.5) is 16.2 Å². The highest BCUT2D eigenvalue weighted by molar-refractivity contribution is 6.37. The minimum Gasteiger partial charge on any atom is -0.313 e. The monoisotopic (exact) mass is 728 g/mol. The predicted octanol–water partition coefficient (Wildman–Crippen LogP) is 6.44. The molecule has 6 aromatic rings. The number of anilines is 2. The standard InChI is InChI=1S/C43H32N6O6/c50-39-38(41(52)49(43(54)46-39)36-15-7-13-33(25-36)30-11-5-2-6-12-30)20-19-31(32-21-23-44-24-22-32)17-18-34-27-45-42(53)48(40(34)51)37-16-8-14-35(26-37)47-55-28-29-9-3-1-4-10-29/h1-27,47H,28H2,(H,45,53)(H,46,50,54). The zero-order valence-corrected chi connectivity index (χ0v) is 29.1. The quantitative estimate of drug-likeness (QED) is 0.0596. The van der Waals surface area contributed by atoms with Crippen LogP contribution in [0.25, 0.3) is 28.5 Å². The van der Waals surface area contributed by atoms with Crippen LogP contribution in [0.15, 0.2) is 173 Å². The SMILES string of the molecule is O=C1NC(=O)N(c2cccc(-c3ccccc3)c2)C(=O)C1=CC=C(C=Cc1c[nH]c(=O)n(-c2cccc(NOCc3ccccc3)c2)c1=O)c1ccncc1. The third-order valence-corrected chi connectivity index (χ3v) is 8.58. The average molecular weight is 729 g/mol. The minimum absolute atomic E-state index is 0.146. The second kappa shape index (κ2) is 16.3. The summed E-state index contributed by atoms with van der Waals surface area (Å²) in [5, 5.41) is 2.26. The first kappa shape index (κ1) is 35.7. The van der Waals surface area contributed by atoms with Gasteiger partial charge >= 0.3 is 11.7 Å². The number of allylic oxidation sites excluding steroid dienone is 4. The Morgan fingerprint density at radius 1 is 0.764 bits per heavy atom. The fourth-order valence-electron chi connectivity index (χ4n) is 5.84. The van der Waals surface area contributed by atoms with E-state index in [9.17, 15) is 24.0 Å². The van der Waals surface area contributed by atoms with Crippen molar-refractivity contribution in [3.63, 3.8) is 0 Å². The minimum atomic E-state index is -0.869. The largest absolute Gasteiger partial charge is 0.335 e. The van der Waals surface area contributed by atoms with Crippen molar-refractivity contribution in [1.82, 2.24) is 19.9 Å². The van der Waals surface area contributed by atoms with Crippen molar-refractivity contribution in [3.8, 4) is 16.8 Å². The lowest BCUT2D eigenvalue weighted by atomic mass is 10.0. The van der Waals surface area contributed by atoms with E-state index in [-0.39, 0.29) is 16.8 Å². The van der Waals surface area contributed by atoms with Gasteiger partial charge in [0.1, 0.15) is 5.57 Å². The normalized spacial score (nSPS) is 14.0. The molecule has 1 saturated heterocycles. The number of aromatic nitrogens is 3. The van der Waals surface area contributed by atoms with Crippen molar-refractivity contribution in [2.45, 2.75) is 6.61 Å². The summed E-state index contributed by atoms with van der Waals surface area (Å²) < 4.78 is 1.00. The lowest BCUT2D eigenvalue weighted by Gasteiger charge is -2.26. The first-order valence-electron chi connectivity index (χ1n) is 17.1. The van der Waals surface area contributed by atoms with E-state index in [1.54, 1.807) is 73.1 Å². The number of hydrogen-bond donors (Lipinski definition) is 3. The summed E-state index contributed by atoms with van der Waals surface area (Å²) in [6.07, 6.45) is 10.4. The van der Waals surface area contributed by atoms with Gasteiger partial charge in [-0.2, -0.15) is 0 Å². The van der Waals surface area contributed by atoms with Gasteiger partial charge in [-0.3, -0.25) is 35.0 Å². The smallest absolute Gasteiger partial charge is 0.313 e. The number of barbiturate groups is 1. The summed E-state index contributed by atoms with van der Waals surface area (Å²) in [7, 11) is 0. The van der Waals surface area contributed by atoms with Gasteiger partial charge in [0, 0.05) is 18.6 Å². The molecule has 4 aromatic carbocycles. The molecular formula is C43H32N6O6. The Balaban J connectivity index is 1.17. The van der Waals surface area contributed by atoms with Crippen molar-refractivity contribution >= 4 is 40.9 Å². The number of aromatic amines is 1. The average Bonchev–Trinajstić information content (AvgIpc) is 3.21. The number of amides is 4. The van der Waals surface area contributed by atoms with Gasteiger partial charge in [-0.05, 0) is 82.4 Å². The molecule has 7 rings (SSSR count). The molecular weight excluding hydrogens is 697 g/mol. The van der Waals surface area contributed by atoms with E-state index < -0.39 is 29.1 Å². The molecule has 0 radical (unpaired) electrons. The highest BCUT2D eigenvalue weighted by atomic mass is 16.6. The topological polar surface area (TPSA) is 155 Å². The summed E-state index contributed by atoms with van der Waals surface area (Å²) in [6.45, 7) is 0.299. The van der Waals surface area contributed by atoms with Crippen LogP contribution >= 0.6 is 0 Å². The van der Waals surface area contributed by atoms with Gasteiger partial charge in [-0.15, -0.1) is 0 Å². The molecule has 0 unspecified atom stereocenters. The van der Waals surface area contributed by atoms with E-state index in [1.807, 2.05) is 66.7 Å². The van der Waals surface area contributed by atoms with Crippen LogP contribution in [0, 0.1) is 0 Å². The fourth-order valence-corrected chi connectivity index (χ4v) is 5.84. The molecule has 0 spiro atoms. The van der Waals surface area contributed by atoms with Crippen LogP contribution in [-0.2, 0) is 21.0 Å². The first-order valence-corrected chi connectivity index (χ1v) is 17.1. The number of carbonyl (C=O) groups is 3. The van der Waals surface area contributed by atoms with Crippen LogP contribution in [0.1, 0.15) is 16.7 Å². The number of nitrogens with zero attached hydrogens (tertiary/aromatic N) is 3. The van der Waals surface area contributed by atoms with Gasteiger partial charge in [0.15, 0.2) is 0 Å². The molecule has 3 N–H and O–H groups in total. The molecule has 3 heterocycles. The Morgan fingerprint density at radius 3 is 2.25 bits per heavy atom. The van der Waals surface area contributed by atoms with Crippen molar-refractivity contribution in [2.75, 3.05) is 10.4 Å². The number of imide groups is 2. The Morgan fingerprint density at radius 2 is 1.47 bits per heavy atom. The third kappa shape index (κ3) is 8.19. The molecule has 0 saturated carbocycles. The van der Waals surface area contributed by atoms with Gasteiger partial charge in [-0.25, -0.2) is 19.1 Å². The highest BCUT2D eigenvalue weighted by Crippen LogP contribution is 2.27. The van der Waals surface area contributed by atoms with Crippen molar-refractivity contribution in [3.05, 3.63) is 201 Å². The summed E-state index contributed by atoms with van der Waals surface area (Å²) in [6, 6.07) is 35.2. The van der Waals surface area contributed by atoms with Crippen LogP contribution in [0.5, 0.6) is 0 Å². The zero-order valence-electron chi connectivity index (χ0n) is 29.1. The molecule has 55 heavy (non-hydrogen) atoms. The van der Waals surface area contributed by atoms with Crippen LogP contribution in [-0.4, -0.2) is 32.4 Å². The molecule has 1 aliphatic rings. The molecule has 270 valence electrons. The number of urea groups is 1. The summed E-state index contributed by atoms with van der Waals surface area (Å²) in [5.74, 6) is -1.66. The van der Waals surface area contributed by atoms with Crippen molar-refractivity contribution in [2.24, 2.45) is 0 Å². The zero-order chi connectivity index (χ0) is 38.1. The fraction of sp³-hybridized carbons (Fsp3) is 0.0233. The highest BCUT2D eigenvalue weighted by Gasteiger charge is 2.36. The maximum absolute atomic E-state index is 13.7. The van der Waals surface area contributed by atoms with E-state index in [1.165, 1.54) is 24.4 Å². The lowest BCUT2D eigenvalue weighted by Crippen LogP contribution is -2.54. The first-order chi connectivity index (χ1) is 26.9. The molecule has 4 amide bonds. The van der Waals surface area contributed by atoms with E-state index in [0.29, 0.717) is 29.1 Å². The Kier molecular flexibility index (Phi) is 10.6. The number of hydrogen-bond acceptors (Lipinski definition) is 8. The van der Waals surface area contributed by atoms with Crippen molar-refractivity contribution < 1.29 is 19.2 Å². The number of rotatable bonds is 11. The maximum atomic E-state index is 13.7. The van der Waals surface area contributed by atoms with E-state index in [2.05, 4.69) is 20.8 Å². The van der Waals surface area contributed by atoms with Crippen LogP contribution < -0.4 is 26.9 Å². The van der Waals surface area contributed by atoms with Crippen molar-refractivity contribution in [1.29, 1.82) is 0 Å². The van der Waals surface area contributed by atoms with Gasteiger partial charge in [0.2, 0.25) is 0 Å². The third-order valence-electron chi connectivity index (χ3n) is 8.58. The van der Waals surface area contributed by atoms with Crippen LogP contribution in [0.2, 0.25) is 0 Å². The van der Waals surface area contributed by atoms with Gasteiger partial charge < -0.3 is 4.98 Å². The van der Waals surface area contributed by atoms with E-state index >= 15 is 0 Å². The molecule has 0 atom stereocenters. The molecule has 1 fully saturated rings. The molecule has 1 aliphatic heterocycles.